The number of benzene rings is 1. The Bertz CT molecular complexity index is 1670. The van der Waals surface area contributed by atoms with Gasteiger partial charge in [0.25, 0.3) is 5.91 Å². The molecule has 11 nitrogen and oxygen atoms in total. The van der Waals surface area contributed by atoms with Crippen molar-refractivity contribution in [1.29, 1.82) is 5.26 Å². The van der Waals surface area contributed by atoms with E-state index in [9.17, 15) is 29.5 Å². The fourth-order valence-electron chi connectivity index (χ4n) is 4.51. The summed E-state index contributed by atoms with van der Waals surface area (Å²) in [7, 11) is 0. The first kappa shape index (κ1) is 27.5. The Balaban J connectivity index is 1.47. The highest BCUT2D eigenvalue weighted by atomic mass is 19.1. The number of aliphatic hydroxyl groups is 1. The van der Waals surface area contributed by atoms with Crippen molar-refractivity contribution in [1.82, 2.24) is 25.2 Å². The topological polar surface area (TPSA) is 165 Å². The summed E-state index contributed by atoms with van der Waals surface area (Å²) in [5.41, 5.74) is 1.99. The molecule has 3 aromatic heterocycles. The number of carboxylic acid groups (broad SMARTS) is 1. The van der Waals surface area contributed by atoms with Gasteiger partial charge in [0.2, 0.25) is 0 Å². The van der Waals surface area contributed by atoms with E-state index in [0.29, 0.717) is 46.7 Å². The van der Waals surface area contributed by atoms with Gasteiger partial charge < -0.3 is 26.2 Å². The molecule has 0 aliphatic heterocycles. The molecule has 1 saturated carbocycles. The number of carbonyl (C=O) groups excluding carboxylic acids is 1. The van der Waals surface area contributed by atoms with Crippen molar-refractivity contribution in [2.45, 2.75) is 44.0 Å². The van der Waals surface area contributed by atoms with Gasteiger partial charge in [0.15, 0.2) is 0 Å². The summed E-state index contributed by atoms with van der Waals surface area (Å²) in [5, 5.41) is 40.9. The number of nitrogens with one attached hydrogen (secondary N) is 3. The Kier molecular flexibility index (Phi) is 7.06. The minimum atomic E-state index is -1.69. The van der Waals surface area contributed by atoms with E-state index in [4.69, 9.17) is 0 Å². The maximum Gasteiger partial charge on any atom is 0.405 e. The second kappa shape index (κ2) is 10.5. The molecule has 41 heavy (non-hydrogen) atoms. The van der Waals surface area contributed by atoms with Crippen molar-refractivity contribution in [3.05, 3.63) is 77.6 Å². The molecule has 2 amide bonds. The number of nitriles is 1. The summed E-state index contributed by atoms with van der Waals surface area (Å²) in [5.74, 6) is -0.588. The highest BCUT2D eigenvalue weighted by Gasteiger charge is 2.45. The van der Waals surface area contributed by atoms with Crippen molar-refractivity contribution in [3.8, 4) is 17.5 Å². The molecule has 0 spiro atoms. The summed E-state index contributed by atoms with van der Waals surface area (Å²) in [6.45, 7) is 2.25. The average molecular weight is 558 g/mol. The molecule has 3 heterocycles. The lowest BCUT2D eigenvalue weighted by atomic mass is 10.0. The second-order valence-electron chi connectivity index (χ2n) is 10.6. The number of alkyl halides is 1. The number of hydrogen-bond acceptors (Lipinski definition) is 7. The number of carbonyl (C=O) groups is 2. The van der Waals surface area contributed by atoms with Crippen LogP contribution in [0.3, 0.4) is 0 Å². The van der Waals surface area contributed by atoms with Gasteiger partial charge in [-0.1, -0.05) is 12.1 Å². The largest absolute Gasteiger partial charge is 0.465 e. The molecule has 1 aliphatic rings. The Morgan fingerprint density at radius 2 is 1.90 bits per heavy atom. The molecule has 5 N–H and O–H groups in total. The summed E-state index contributed by atoms with van der Waals surface area (Å²) in [6, 6.07) is 16.2. The van der Waals surface area contributed by atoms with Gasteiger partial charge in [-0.05, 0) is 68.7 Å². The number of aromatic nitrogens is 3. The van der Waals surface area contributed by atoms with Crippen LogP contribution in [0.15, 0.2) is 60.9 Å². The summed E-state index contributed by atoms with van der Waals surface area (Å²) in [4.78, 5) is 28.8. The zero-order chi connectivity index (χ0) is 29.4. The molecule has 210 valence electrons. The lowest BCUT2D eigenvalue weighted by Gasteiger charge is -2.22. The van der Waals surface area contributed by atoms with E-state index in [2.05, 4.69) is 32.1 Å². The number of halogens is 1. The van der Waals surface area contributed by atoms with E-state index in [-0.39, 0.29) is 5.56 Å². The summed E-state index contributed by atoms with van der Waals surface area (Å²) < 4.78 is 16.0. The second-order valence-corrected chi connectivity index (χ2v) is 10.6. The minimum Gasteiger partial charge on any atom is -0.465 e. The molecule has 0 saturated heterocycles. The Labute approximate surface area is 234 Å². The Morgan fingerprint density at radius 3 is 2.54 bits per heavy atom. The summed E-state index contributed by atoms with van der Waals surface area (Å²) in [6.07, 6.45) is 1.46. The molecule has 4 aromatic rings. The Hall–Kier alpha value is -5.02. The van der Waals surface area contributed by atoms with Crippen LogP contribution in [0.2, 0.25) is 0 Å². The third-order valence-corrected chi connectivity index (χ3v) is 7.06. The fraction of sp³-hybridized carbons (Fsp3) is 0.276. The predicted octanol–water partition coefficient (Wildman–Crippen LogP) is 4.11. The zero-order valence-corrected chi connectivity index (χ0v) is 22.3. The number of fused-ring (bicyclic) bond motifs is 1. The van der Waals surface area contributed by atoms with Crippen LogP contribution in [-0.2, 0) is 5.54 Å². The molecule has 1 unspecified atom stereocenters. The number of hydrogen-bond donors (Lipinski definition) is 5. The SMILES string of the molecule is CC(C)(O)C(F)CNC(=O)c1cnc(-c2ccc3cc(C#N)cnn23)cc1Nc1ccc(C2(NC(=O)O)CC2)cc1. The molecule has 1 atom stereocenters. The maximum absolute atomic E-state index is 14.3. The predicted molar refractivity (Wildman–Crippen MR) is 148 cm³/mol. The van der Waals surface area contributed by atoms with Gasteiger partial charge in [-0.3, -0.25) is 9.78 Å². The summed E-state index contributed by atoms with van der Waals surface area (Å²) >= 11 is 0. The first-order chi connectivity index (χ1) is 19.5. The molecular weight excluding hydrogens is 529 g/mol. The normalized spacial score (nSPS) is 14.6. The highest BCUT2D eigenvalue weighted by molar-refractivity contribution is 6.00. The van der Waals surface area contributed by atoms with E-state index in [0.717, 1.165) is 5.56 Å². The standard InChI is InChI=1S/C29H28FN7O4/c1-28(2,41)25(30)16-33-26(38)21-15-32-23(24-8-7-20-11-17(13-31)14-34-37(20)24)12-22(21)35-19-5-3-18(4-6-19)29(9-10-29)36-27(39)40/h3-8,11-12,14-15,25,36,41H,9-10,16H2,1-2H3,(H,32,35)(H,33,38)(H,39,40). The highest BCUT2D eigenvalue weighted by Crippen LogP contribution is 2.45. The van der Waals surface area contributed by atoms with Gasteiger partial charge >= 0.3 is 6.09 Å². The first-order valence-corrected chi connectivity index (χ1v) is 12.9. The van der Waals surface area contributed by atoms with Crippen molar-refractivity contribution >= 4 is 28.9 Å². The molecule has 0 radical (unpaired) electrons. The lowest BCUT2D eigenvalue weighted by molar-refractivity contribution is -0.00177. The number of amides is 2. The van der Waals surface area contributed by atoms with Crippen molar-refractivity contribution in [2.75, 3.05) is 11.9 Å². The van der Waals surface area contributed by atoms with E-state index in [1.165, 1.54) is 26.2 Å². The average Bonchev–Trinajstić information content (AvgIpc) is 3.59. The van der Waals surface area contributed by atoms with E-state index in [1.807, 2.05) is 12.1 Å². The molecule has 0 bridgehead atoms. The lowest BCUT2D eigenvalue weighted by Crippen LogP contribution is -2.42. The monoisotopic (exact) mass is 557 g/mol. The molecular formula is C29H28FN7O4. The van der Waals surface area contributed by atoms with Crippen LogP contribution in [0.1, 0.15) is 48.2 Å². The molecule has 1 aromatic carbocycles. The molecule has 1 fully saturated rings. The fourth-order valence-corrected chi connectivity index (χ4v) is 4.51. The van der Waals surface area contributed by atoms with Gasteiger partial charge in [-0.2, -0.15) is 10.4 Å². The van der Waals surface area contributed by atoms with E-state index < -0.39 is 35.9 Å². The van der Waals surface area contributed by atoms with Crippen LogP contribution in [0.25, 0.3) is 16.9 Å². The van der Waals surface area contributed by atoms with Crippen molar-refractivity contribution in [3.63, 3.8) is 0 Å². The van der Waals surface area contributed by atoms with Crippen LogP contribution in [-0.4, -0.2) is 55.1 Å². The number of anilines is 2. The van der Waals surface area contributed by atoms with Crippen LogP contribution in [0, 0.1) is 11.3 Å². The van der Waals surface area contributed by atoms with E-state index in [1.54, 1.807) is 40.9 Å². The molecule has 5 rings (SSSR count). The van der Waals surface area contributed by atoms with Crippen LogP contribution >= 0.6 is 0 Å². The number of pyridine rings is 1. The van der Waals surface area contributed by atoms with Gasteiger partial charge in [-0.25, -0.2) is 13.7 Å². The smallest absolute Gasteiger partial charge is 0.405 e. The third kappa shape index (κ3) is 5.80. The molecule has 12 heteroatoms. The number of rotatable bonds is 9. The van der Waals surface area contributed by atoms with Crippen molar-refractivity contribution in [2.24, 2.45) is 0 Å². The van der Waals surface area contributed by atoms with Crippen LogP contribution in [0.5, 0.6) is 0 Å². The van der Waals surface area contributed by atoms with Gasteiger partial charge in [0.05, 0.1) is 57.6 Å². The van der Waals surface area contributed by atoms with Gasteiger partial charge in [0.1, 0.15) is 12.2 Å². The quantitative estimate of drug-likeness (QED) is 0.205. The van der Waals surface area contributed by atoms with Crippen LogP contribution < -0.4 is 16.0 Å². The van der Waals surface area contributed by atoms with Crippen LogP contribution in [0.4, 0.5) is 20.6 Å². The molecule has 1 aliphatic carbocycles. The maximum atomic E-state index is 14.3. The van der Waals surface area contributed by atoms with Gasteiger partial charge in [-0.15, -0.1) is 0 Å². The Morgan fingerprint density at radius 1 is 1.17 bits per heavy atom. The zero-order valence-electron chi connectivity index (χ0n) is 22.3. The minimum absolute atomic E-state index is 0.146. The van der Waals surface area contributed by atoms with Crippen molar-refractivity contribution < 1.29 is 24.2 Å². The number of nitrogens with zero attached hydrogens (tertiary/aromatic N) is 4. The third-order valence-electron chi connectivity index (χ3n) is 7.06. The van der Waals surface area contributed by atoms with E-state index >= 15 is 0 Å². The van der Waals surface area contributed by atoms with Gasteiger partial charge in [0, 0.05) is 11.9 Å². The first-order valence-electron chi connectivity index (χ1n) is 12.9.